The van der Waals surface area contributed by atoms with Crippen LogP contribution in [0, 0.1) is 6.92 Å². The molecular weight excluding hydrogens is 368 g/mol. The standard InChI is InChI=1S/C22H28N4O3/c1-3-24-11-13-25(14-12-24)22(29)26(21-6-4-5-17(2)23-21)15-18-7-9-19(10-8-18)20(28)16-27/h4-10,27H,3,11-16H2,1-2H3. The van der Waals surface area contributed by atoms with Gasteiger partial charge in [0.1, 0.15) is 12.4 Å². The van der Waals surface area contributed by atoms with Gasteiger partial charge in [-0.05, 0) is 31.2 Å². The molecule has 0 bridgehead atoms. The summed E-state index contributed by atoms with van der Waals surface area (Å²) in [6, 6.07) is 12.6. The van der Waals surface area contributed by atoms with Crippen molar-refractivity contribution in [1.82, 2.24) is 14.8 Å². The average Bonchev–Trinajstić information content (AvgIpc) is 2.77. The lowest BCUT2D eigenvalue weighted by Gasteiger charge is -2.37. The third-order valence-corrected chi connectivity index (χ3v) is 5.23. The van der Waals surface area contributed by atoms with E-state index in [2.05, 4.69) is 16.8 Å². The van der Waals surface area contributed by atoms with E-state index in [1.165, 1.54) is 0 Å². The number of amides is 2. The Balaban J connectivity index is 1.82. The molecule has 1 aromatic heterocycles. The number of ketones is 1. The van der Waals surface area contributed by atoms with Crippen molar-refractivity contribution in [1.29, 1.82) is 0 Å². The van der Waals surface area contributed by atoms with E-state index in [-0.39, 0.29) is 11.8 Å². The highest BCUT2D eigenvalue weighted by Gasteiger charge is 2.26. The lowest BCUT2D eigenvalue weighted by molar-refractivity contribution is 0.0903. The van der Waals surface area contributed by atoms with Crippen molar-refractivity contribution in [2.45, 2.75) is 20.4 Å². The monoisotopic (exact) mass is 396 g/mol. The molecule has 1 aromatic carbocycles. The van der Waals surface area contributed by atoms with Gasteiger partial charge in [-0.25, -0.2) is 9.78 Å². The topological polar surface area (TPSA) is 77.0 Å². The largest absolute Gasteiger partial charge is 0.388 e. The predicted molar refractivity (Wildman–Crippen MR) is 112 cm³/mol. The Morgan fingerprint density at radius 1 is 1.07 bits per heavy atom. The highest BCUT2D eigenvalue weighted by molar-refractivity contribution is 5.97. The molecule has 0 aliphatic carbocycles. The lowest BCUT2D eigenvalue weighted by atomic mass is 10.1. The quantitative estimate of drug-likeness (QED) is 0.759. The Hall–Kier alpha value is -2.77. The molecule has 7 heteroatoms. The van der Waals surface area contributed by atoms with E-state index in [1.54, 1.807) is 17.0 Å². The van der Waals surface area contributed by atoms with Crippen molar-refractivity contribution >= 4 is 17.6 Å². The molecule has 1 fully saturated rings. The summed E-state index contributed by atoms with van der Waals surface area (Å²) in [6.45, 7) is 8.00. The third kappa shape index (κ3) is 5.19. The molecule has 1 saturated heterocycles. The Labute approximate surface area is 171 Å². The van der Waals surface area contributed by atoms with Gasteiger partial charge in [0.15, 0.2) is 5.78 Å². The first-order valence-corrected chi connectivity index (χ1v) is 9.97. The second-order valence-electron chi connectivity index (χ2n) is 7.21. The number of hydrogen-bond acceptors (Lipinski definition) is 5. The van der Waals surface area contributed by atoms with Crippen molar-refractivity contribution < 1.29 is 14.7 Å². The molecule has 2 heterocycles. The van der Waals surface area contributed by atoms with E-state index in [1.807, 2.05) is 42.2 Å². The molecule has 2 amide bonds. The SMILES string of the molecule is CCN1CCN(C(=O)N(Cc2ccc(C(=O)CO)cc2)c2cccc(C)n2)CC1. The van der Waals surface area contributed by atoms with E-state index < -0.39 is 6.61 Å². The third-order valence-electron chi connectivity index (χ3n) is 5.23. The molecule has 0 radical (unpaired) electrons. The first-order chi connectivity index (χ1) is 14.0. The summed E-state index contributed by atoms with van der Waals surface area (Å²) in [5, 5.41) is 9.01. The van der Waals surface area contributed by atoms with E-state index in [9.17, 15) is 9.59 Å². The number of carbonyl (C=O) groups excluding carboxylic acids is 2. The number of anilines is 1. The van der Waals surface area contributed by atoms with Gasteiger partial charge >= 0.3 is 6.03 Å². The van der Waals surface area contributed by atoms with Crippen LogP contribution >= 0.6 is 0 Å². The molecule has 7 nitrogen and oxygen atoms in total. The fourth-order valence-electron chi connectivity index (χ4n) is 3.42. The Morgan fingerprint density at radius 2 is 1.76 bits per heavy atom. The molecule has 1 N–H and O–H groups in total. The fourth-order valence-corrected chi connectivity index (χ4v) is 3.42. The van der Waals surface area contributed by atoms with Gasteiger partial charge in [-0.15, -0.1) is 0 Å². The van der Waals surface area contributed by atoms with E-state index >= 15 is 0 Å². The molecule has 3 rings (SSSR count). The maximum absolute atomic E-state index is 13.3. The molecule has 0 saturated carbocycles. The molecule has 29 heavy (non-hydrogen) atoms. The van der Waals surface area contributed by atoms with Gasteiger partial charge in [-0.3, -0.25) is 9.69 Å². The van der Waals surface area contributed by atoms with Crippen LogP contribution in [-0.4, -0.2) is 71.0 Å². The number of aliphatic hydroxyl groups excluding tert-OH is 1. The first kappa shape index (κ1) is 21.0. The summed E-state index contributed by atoms with van der Waals surface area (Å²) < 4.78 is 0. The minimum Gasteiger partial charge on any atom is -0.388 e. The highest BCUT2D eigenvalue weighted by atomic mass is 16.3. The summed E-state index contributed by atoms with van der Waals surface area (Å²) in [4.78, 5) is 35.4. The fraction of sp³-hybridized carbons (Fsp3) is 0.409. The van der Waals surface area contributed by atoms with Gasteiger partial charge in [0.25, 0.3) is 0 Å². The van der Waals surface area contributed by atoms with Gasteiger partial charge < -0.3 is 14.9 Å². The van der Waals surface area contributed by atoms with Crippen LogP contribution in [0.25, 0.3) is 0 Å². The van der Waals surface area contributed by atoms with Crippen LogP contribution in [-0.2, 0) is 6.54 Å². The van der Waals surface area contributed by atoms with Crippen molar-refractivity contribution in [2.24, 2.45) is 0 Å². The summed E-state index contributed by atoms with van der Waals surface area (Å²) in [5.41, 5.74) is 2.20. The van der Waals surface area contributed by atoms with Gasteiger partial charge in [0.2, 0.25) is 0 Å². The highest BCUT2D eigenvalue weighted by Crippen LogP contribution is 2.19. The zero-order chi connectivity index (χ0) is 20.8. The molecule has 2 aromatic rings. The summed E-state index contributed by atoms with van der Waals surface area (Å²) in [6.07, 6.45) is 0. The number of rotatable bonds is 6. The van der Waals surface area contributed by atoms with Crippen molar-refractivity contribution in [3.05, 3.63) is 59.3 Å². The molecule has 0 unspecified atom stereocenters. The van der Waals surface area contributed by atoms with Crippen LogP contribution in [0.5, 0.6) is 0 Å². The number of aliphatic hydroxyl groups is 1. The second kappa shape index (κ2) is 9.62. The molecule has 1 aliphatic rings. The maximum atomic E-state index is 13.3. The zero-order valence-electron chi connectivity index (χ0n) is 17.0. The van der Waals surface area contributed by atoms with Crippen LogP contribution in [0.4, 0.5) is 10.6 Å². The number of hydrogen-bond donors (Lipinski definition) is 1. The maximum Gasteiger partial charge on any atom is 0.326 e. The van der Waals surface area contributed by atoms with Gasteiger partial charge in [-0.2, -0.15) is 0 Å². The number of urea groups is 1. The Kier molecular flexibility index (Phi) is 6.95. The van der Waals surface area contributed by atoms with Crippen LogP contribution < -0.4 is 4.90 Å². The van der Waals surface area contributed by atoms with Crippen molar-refractivity contribution in [2.75, 3.05) is 44.2 Å². The van der Waals surface area contributed by atoms with Crippen LogP contribution in [0.1, 0.15) is 28.5 Å². The van der Waals surface area contributed by atoms with E-state index in [4.69, 9.17) is 5.11 Å². The normalized spacial score (nSPS) is 14.7. The summed E-state index contributed by atoms with van der Waals surface area (Å²) in [7, 11) is 0. The van der Waals surface area contributed by atoms with Crippen LogP contribution in [0.15, 0.2) is 42.5 Å². The van der Waals surface area contributed by atoms with Gasteiger partial charge in [0.05, 0.1) is 6.54 Å². The Morgan fingerprint density at radius 3 is 2.34 bits per heavy atom. The number of pyridine rings is 1. The van der Waals surface area contributed by atoms with Crippen molar-refractivity contribution in [3.8, 4) is 0 Å². The lowest BCUT2D eigenvalue weighted by Crippen LogP contribution is -2.52. The van der Waals surface area contributed by atoms with Crippen LogP contribution in [0.3, 0.4) is 0 Å². The summed E-state index contributed by atoms with van der Waals surface area (Å²) >= 11 is 0. The van der Waals surface area contributed by atoms with Gasteiger partial charge in [0, 0.05) is 37.4 Å². The molecule has 1 aliphatic heterocycles. The number of carbonyl (C=O) groups is 2. The minimum absolute atomic E-state index is 0.0608. The molecular formula is C22H28N4O3. The number of Topliss-reactive ketones (excluding diaryl/α,β-unsaturated/α-hetero) is 1. The van der Waals surface area contributed by atoms with E-state index in [0.717, 1.165) is 30.9 Å². The molecule has 0 atom stereocenters. The number of aromatic nitrogens is 1. The zero-order valence-corrected chi connectivity index (χ0v) is 17.0. The average molecular weight is 396 g/mol. The first-order valence-electron chi connectivity index (χ1n) is 9.97. The number of likely N-dealkylation sites (N-methyl/N-ethyl adjacent to an activating group) is 1. The number of aryl methyl sites for hydroxylation is 1. The smallest absolute Gasteiger partial charge is 0.326 e. The van der Waals surface area contributed by atoms with E-state index in [0.29, 0.717) is 31.0 Å². The minimum atomic E-state index is -0.513. The molecule has 154 valence electrons. The van der Waals surface area contributed by atoms with Gasteiger partial charge in [-0.1, -0.05) is 37.3 Å². The second-order valence-corrected chi connectivity index (χ2v) is 7.21. The number of nitrogens with zero attached hydrogens (tertiary/aromatic N) is 4. The molecule has 0 spiro atoms. The number of piperazine rings is 1. The number of benzene rings is 1. The summed E-state index contributed by atoms with van der Waals surface area (Å²) in [5.74, 6) is 0.294. The Bertz CT molecular complexity index is 845. The predicted octanol–water partition coefficient (Wildman–Crippen LogP) is 2.33. The van der Waals surface area contributed by atoms with Crippen LogP contribution in [0.2, 0.25) is 0 Å². The van der Waals surface area contributed by atoms with Crippen molar-refractivity contribution in [3.63, 3.8) is 0 Å².